The van der Waals surface area contributed by atoms with Crippen LogP contribution in [0, 0.1) is 7.05 Å². The van der Waals surface area contributed by atoms with Crippen molar-refractivity contribution in [3.63, 3.8) is 0 Å². The van der Waals surface area contributed by atoms with Crippen molar-refractivity contribution in [3.8, 4) is 0 Å². The van der Waals surface area contributed by atoms with E-state index >= 15 is 0 Å². The minimum absolute atomic E-state index is 0.0403. The van der Waals surface area contributed by atoms with Crippen LogP contribution >= 0.6 is 0 Å². The number of fused-ring (bicyclic) bond motifs is 1. The Morgan fingerprint density at radius 1 is 1.60 bits per heavy atom. The van der Waals surface area contributed by atoms with Gasteiger partial charge in [-0.05, 0) is 0 Å². The summed E-state index contributed by atoms with van der Waals surface area (Å²) in [5.41, 5.74) is 5.55. The van der Waals surface area contributed by atoms with Gasteiger partial charge in [0.1, 0.15) is 12.3 Å². The summed E-state index contributed by atoms with van der Waals surface area (Å²) in [5.74, 6) is -0.0403. The Labute approximate surface area is 113 Å². The molecule has 1 saturated heterocycles. The number of aliphatic hydroxyl groups is 2. The minimum atomic E-state index is -0.784. The largest absolute Gasteiger partial charge is 0.394 e. The lowest BCUT2D eigenvalue weighted by atomic mass is 10.2. The van der Waals surface area contributed by atoms with Crippen molar-refractivity contribution in [1.82, 2.24) is 19.1 Å². The van der Waals surface area contributed by atoms with Gasteiger partial charge in [-0.25, -0.2) is 4.98 Å². The molecule has 1 aliphatic rings. The SMILES string of the molecule is [CH2]n1c(N)nc2c(ncn2[C@H]2C[C@H](O)[C@@H](CO)O2)c1=O. The molecule has 1 radical (unpaired) electrons. The number of aliphatic hydroxyl groups excluding tert-OH is 2. The topological polar surface area (TPSA) is 128 Å². The highest BCUT2D eigenvalue weighted by molar-refractivity contribution is 5.71. The van der Waals surface area contributed by atoms with E-state index in [9.17, 15) is 9.90 Å². The van der Waals surface area contributed by atoms with E-state index < -0.39 is 24.0 Å². The Morgan fingerprint density at radius 3 is 3.00 bits per heavy atom. The first-order valence-corrected chi connectivity index (χ1v) is 6.03. The van der Waals surface area contributed by atoms with E-state index in [-0.39, 0.29) is 30.1 Å². The number of hydrogen-bond acceptors (Lipinski definition) is 7. The molecule has 1 aliphatic heterocycles. The van der Waals surface area contributed by atoms with Crippen LogP contribution in [0.5, 0.6) is 0 Å². The van der Waals surface area contributed by atoms with Gasteiger partial charge in [-0.15, -0.1) is 0 Å². The number of nitrogen functional groups attached to an aromatic ring is 1. The summed E-state index contributed by atoms with van der Waals surface area (Å²) in [6, 6.07) is 0. The van der Waals surface area contributed by atoms with Gasteiger partial charge in [-0.1, -0.05) is 0 Å². The fraction of sp³-hybridized carbons (Fsp3) is 0.455. The zero-order valence-electron chi connectivity index (χ0n) is 10.5. The number of nitrogens with two attached hydrogens (primary N) is 1. The minimum Gasteiger partial charge on any atom is -0.394 e. The van der Waals surface area contributed by atoms with Crippen LogP contribution in [-0.2, 0) is 4.74 Å². The second kappa shape index (κ2) is 4.54. The molecule has 2 aromatic rings. The van der Waals surface area contributed by atoms with Crippen LogP contribution in [0.1, 0.15) is 12.6 Å². The maximum atomic E-state index is 11.9. The van der Waals surface area contributed by atoms with Crippen molar-refractivity contribution in [2.75, 3.05) is 12.3 Å². The Bertz CT molecular complexity index is 709. The van der Waals surface area contributed by atoms with Gasteiger partial charge >= 0.3 is 0 Å². The van der Waals surface area contributed by atoms with Crippen LogP contribution < -0.4 is 11.3 Å². The number of rotatable bonds is 2. The van der Waals surface area contributed by atoms with Crippen LogP contribution in [-0.4, -0.2) is 48.1 Å². The summed E-state index contributed by atoms with van der Waals surface area (Å²) < 4.78 is 7.98. The Morgan fingerprint density at radius 2 is 2.35 bits per heavy atom. The van der Waals surface area contributed by atoms with Crippen molar-refractivity contribution in [2.45, 2.75) is 24.9 Å². The molecule has 0 amide bonds. The fourth-order valence-corrected chi connectivity index (χ4v) is 2.28. The van der Waals surface area contributed by atoms with Gasteiger partial charge in [-0.3, -0.25) is 13.9 Å². The van der Waals surface area contributed by atoms with Crippen molar-refractivity contribution in [2.24, 2.45) is 0 Å². The fourth-order valence-electron chi connectivity index (χ4n) is 2.28. The predicted octanol–water partition coefficient (Wildman–Crippen LogP) is -1.54. The molecule has 20 heavy (non-hydrogen) atoms. The van der Waals surface area contributed by atoms with Crippen LogP contribution in [0.4, 0.5) is 5.95 Å². The quantitative estimate of drug-likeness (QED) is 0.607. The van der Waals surface area contributed by atoms with Gasteiger partial charge < -0.3 is 20.7 Å². The van der Waals surface area contributed by atoms with Gasteiger partial charge in [0, 0.05) is 13.5 Å². The average Bonchev–Trinajstić information content (AvgIpc) is 2.99. The molecule has 3 heterocycles. The van der Waals surface area contributed by atoms with E-state index in [1.165, 1.54) is 10.9 Å². The molecule has 0 saturated carbocycles. The molecule has 3 rings (SSSR count). The highest BCUT2D eigenvalue weighted by Crippen LogP contribution is 2.30. The van der Waals surface area contributed by atoms with E-state index in [1.807, 2.05) is 0 Å². The highest BCUT2D eigenvalue weighted by Gasteiger charge is 2.35. The standard InChI is InChI=1S/C11H14N5O4/c1-15-10(19)8-9(14-11(15)12)16(4-13-8)7-2-5(18)6(3-17)20-7/h4-7,17-18H,1-3H2,(H2,12,14)/t5-,6+,7+/m0/s1. The van der Waals surface area contributed by atoms with Gasteiger partial charge in [0.15, 0.2) is 11.2 Å². The maximum absolute atomic E-state index is 11.9. The third kappa shape index (κ3) is 1.79. The second-order valence-corrected chi connectivity index (χ2v) is 4.64. The lowest BCUT2D eigenvalue weighted by Crippen LogP contribution is -2.24. The first-order chi connectivity index (χ1) is 9.52. The monoisotopic (exact) mass is 280 g/mol. The summed E-state index contributed by atoms with van der Waals surface area (Å²) in [6.45, 7) is -0.286. The molecule has 2 aromatic heterocycles. The van der Waals surface area contributed by atoms with Gasteiger partial charge in [-0.2, -0.15) is 4.98 Å². The summed E-state index contributed by atoms with van der Waals surface area (Å²) in [4.78, 5) is 20.0. The molecule has 0 aromatic carbocycles. The van der Waals surface area contributed by atoms with Crippen molar-refractivity contribution in [1.29, 1.82) is 0 Å². The van der Waals surface area contributed by atoms with Gasteiger partial charge in [0.05, 0.1) is 19.0 Å². The Hall–Kier alpha value is -1.97. The maximum Gasteiger partial charge on any atom is 0.283 e. The normalized spacial score (nSPS) is 26.4. The molecule has 4 N–H and O–H groups in total. The third-order valence-corrected chi connectivity index (χ3v) is 3.41. The summed E-state index contributed by atoms with van der Waals surface area (Å²) in [5, 5.41) is 18.8. The zero-order valence-corrected chi connectivity index (χ0v) is 10.5. The molecule has 9 heteroatoms. The number of imidazole rings is 1. The Balaban J connectivity index is 2.08. The van der Waals surface area contributed by atoms with E-state index in [0.717, 1.165) is 4.57 Å². The summed E-state index contributed by atoms with van der Waals surface area (Å²) in [7, 11) is 3.48. The van der Waals surface area contributed by atoms with Gasteiger partial charge in [0.25, 0.3) is 5.56 Å². The van der Waals surface area contributed by atoms with Crippen LogP contribution in [0.2, 0.25) is 0 Å². The molecule has 3 atom stereocenters. The average molecular weight is 280 g/mol. The van der Waals surface area contributed by atoms with Gasteiger partial charge in [0.2, 0.25) is 5.95 Å². The lowest BCUT2D eigenvalue weighted by molar-refractivity contribution is -0.0432. The molecule has 9 nitrogen and oxygen atoms in total. The zero-order chi connectivity index (χ0) is 14.4. The molecule has 0 aliphatic carbocycles. The van der Waals surface area contributed by atoms with E-state index in [1.54, 1.807) is 0 Å². The second-order valence-electron chi connectivity index (χ2n) is 4.64. The van der Waals surface area contributed by atoms with Crippen LogP contribution in [0.15, 0.2) is 11.1 Å². The third-order valence-electron chi connectivity index (χ3n) is 3.41. The number of ether oxygens (including phenoxy) is 1. The van der Waals surface area contributed by atoms with Crippen molar-refractivity contribution < 1.29 is 14.9 Å². The van der Waals surface area contributed by atoms with Crippen LogP contribution in [0.25, 0.3) is 11.2 Å². The molecule has 107 valence electrons. The molecule has 0 unspecified atom stereocenters. The smallest absolute Gasteiger partial charge is 0.283 e. The first-order valence-electron chi connectivity index (χ1n) is 6.03. The first kappa shape index (κ1) is 13.0. The van der Waals surface area contributed by atoms with E-state index in [0.29, 0.717) is 0 Å². The number of aromatic nitrogens is 4. The Kier molecular flexibility index (Phi) is 2.96. The number of nitrogens with zero attached hydrogens (tertiary/aromatic N) is 4. The van der Waals surface area contributed by atoms with Crippen LogP contribution in [0.3, 0.4) is 0 Å². The molecule has 0 bridgehead atoms. The molecular formula is C11H14N5O4. The van der Waals surface area contributed by atoms with E-state index in [4.69, 9.17) is 15.6 Å². The van der Waals surface area contributed by atoms with E-state index in [2.05, 4.69) is 17.0 Å². The molecular weight excluding hydrogens is 266 g/mol. The molecule has 1 fully saturated rings. The number of hydrogen-bond donors (Lipinski definition) is 3. The number of anilines is 1. The summed E-state index contributed by atoms with van der Waals surface area (Å²) in [6.07, 6.45) is -0.336. The lowest BCUT2D eigenvalue weighted by Gasteiger charge is -2.13. The van der Waals surface area contributed by atoms with Crippen molar-refractivity contribution in [3.05, 3.63) is 23.7 Å². The molecule has 0 spiro atoms. The predicted molar refractivity (Wildman–Crippen MR) is 68.6 cm³/mol. The highest BCUT2D eigenvalue weighted by atomic mass is 16.5. The summed E-state index contributed by atoms with van der Waals surface area (Å²) >= 11 is 0. The van der Waals surface area contributed by atoms with Crippen molar-refractivity contribution >= 4 is 17.1 Å².